The van der Waals surface area contributed by atoms with Gasteiger partial charge in [0.1, 0.15) is 0 Å². The van der Waals surface area contributed by atoms with Crippen molar-refractivity contribution in [3.8, 4) is 0 Å². The fourth-order valence-electron chi connectivity index (χ4n) is 2.05. The fraction of sp³-hybridized carbons (Fsp3) is 0.312. The zero-order chi connectivity index (χ0) is 13.3. The van der Waals surface area contributed by atoms with Crippen molar-refractivity contribution in [1.29, 1.82) is 0 Å². The summed E-state index contributed by atoms with van der Waals surface area (Å²) in [4.78, 5) is 4.32. The van der Waals surface area contributed by atoms with Crippen molar-refractivity contribution < 1.29 is 4.74 Å². The minimum atomic E-state index is 0.231. The van der Waals surface area contributed by atoms with E-state index in [0.29, 0.717) is 6.61 Å². The quantitative estimate of drug-likeness (QED) is 0.827. The Balaban J connectivity index is 1.87. The molecule has 0 saturated heterocycles. The maximum Gasteiger partial charge on any atom is 0.0657 e. The molecule has 1 heterocycles. The first kappa shape index (κ1) is 13.7. The number of hydrogen-bond acceptors (Lipinski definition) is 3. The Morgan fingerprint density at radius 2 is 1.89 bits per heavy atom. The predicted octanol–water partition coefficient (Wildman–Crippen LogP) is 2.60. The third kappa shape index (κ3) is 4.47. The normalized spacial score (nSPS) is 12.3. The van der Waals surface area contributed by atoms with Crippen molar-refractivity contribution in [3.05, 3.63) is 66.0 Å². The molecule has 19 heavy (non-hydrogen) atoms. The molecule has 0 aliphatic heterocycles. The Labute approximate surface area is 114 Å². The van der Waals surface area contributed by atoms with E-state index in [2.05, 4.69) is 40.6 Å². The lowest BCUT2D eigenvalue weighted by Gasteiger charge is -2.18. The van der Waals surface area contributed by atoms with E-state index in [4.69, 9.17) is 4.74 Å². The van der Waals surface area contributed by atoms with Crippen LogP contribution in [0.15, 0.2) is 54.7 Å². The summed E-state index contributed by atoms with van der Waals surface area (Å²) in [5, 5.41) is 3.52. The second-order valence-electron chi connectivity index (χ2n) is 4.44. The van der Waals surface area contributed by atoms with E-state index < -0.39 is 0 Å². The SMILES string of the molecule is COCC(NCCc1ccccn1)c1ccccc1. The second kappa shape index (κ2) is 7.67. The highest BCUT2D eigenvalue weighted by molar-refractivity contribution is 5.19. The third-order valence-corrected chi connectivity index (χ3v) is 3.03. The van der Waals surface area contributed by atoms with Gasteiger partial charge in [-0.1, -0.05) is 36.4 Å². The van der Waals surface area contributed by atoms with Gasteiger partial charge < -0.3 is 10.1 Å². The molecule has 0 bridgehead atoms. The summed E-state index contributed by atoms with van der Waals surface area (Å²) in [6.07, 6.45) is 2.76. The summed E-state index contributed by atoms with van der Waals surface area (Å²) in [6, 6.07) is 16.6. The number of pyridine rings is 1. The number of nitrogens with one attached hydrogen (secondary N) is 1. The largest absolute Gasteiger partial charge is 0.383 e. The summed E-state index contributed by atoms with van der Waals surface area (Å²) in [5.41, 5.74) is 2.37. The zero-order valence-corrected chi connectivity index (χ0v) is 11.3. The van der Waals surface area contributed by atoms with Gasteiger partial charge in [-0.25, -0.2) is 0 Å². The van der Waals surface area contributed by atoms with Crippen molar-refractivity contribution in [2.45, 2.75) is 12.5 Å². The number of methoxy groups -OCH3 is 1. The van der Waals surface area contributed by atoms with Crippen LogP contribution in [0, 0.1) is 0 Å². The molecule has 1 unspecified atom stereocenters. The Bertz CT molecular complexity index is 459. The highest BCUT2D eigenvalue weighted by atomic mass is 16.5. The molecule has 0 amide bonds. The van der Waals surface area contributed by atoms with Crippen molar-refractivity contribution in [2.75, 3.05) is 20.3 Å². The standard InChI is InChI=1S/C16H20N2O/c1-19-13-16(14-7-3-2-4-8-14)18-12-10-15-9-5-6-11-17-15/h2-9,11,16,18H,10,12-13H2,1H3. The minimum absolute atomic E-state index is 0.231. The number of benzene rings is 1. The lowest BCUT2D eigenvalue weighted by Crippen LogP contribution is -2.27. The number of ether oxygens (including phenoxy) is 1. The van der Waals surface area contributed by atoms with Crippen molar-refractivity contribution in [3.63, 3.8) is 0 Å². The molecule has 0 aliphatic rings. The highest BCUT2D eigenvalue weighted by Crippen LogP contribution is 2.12. The molecular weight excluding hydrogens is 236 g/mol. The number of hydrogen-bond donors (Lipinski definition) is 1. The molecule has 3 nitrogen and oxygen atoms in total. The average Bonchev–Trinajstić information content (AvgIpc) is 2.48. The topological polar surface area (TPSA) is 34.1 Å². The summed E-state index contributed by atoms with van der Waals surface area (Å²) in [5.74, 6) is 0. The van der Waals surface area contributed by atoms with Crippen LogP contribution in [0.25, 0.3) is 0 Å². The van der Waals surface area contributed by atoms with E-state index in [1.54, 1.807) is 7.11 Å². The molecule has 2 rings (SSSR count). The molecule has 0 saturated carbocycles. The Kier molecular flexibility index (Phi) is 5.53. The third-order valence-electron chi connectivity index (χ3n) is 3.03. The Morgan fingerprint density at radius 3 is 2.58 bits per heavy atom. The van der Waals surface area contributed by atoms with Crippen LogP contribution in [0.4, 0.5) is 0 Å². The van der Waals surface area contributed by atoms with Gasteiger partial charge in [-0.15, -0.1) is 0 Å². The molecule has 1 atom stereocenters. The molecule has 1 aromatic carbocycles. The van der Waals surface area contributed by atoms with Gasteiger partial charge in [0.2, 0.25) is 0 Å². The summed E-state index contributed by atoms with van der Waals surface area (Å²) < 4.78 is 5.28. The molecule has 0 fully saturated rings. The van der Waals surface area contributed by atoms with E-state index in [9.17, 15) is 0 Å². The molecular formula is C16H20N2O. The first-order valence-corrected chi connectivity index (χ1v) is 6.57. The van der Waals surface area contributed by atoms with Crippen molar-refractivity contribution >= 4 is 0 Å². The van der Waals surface area contributed by atoms with E-state index in [1.165, 1.54) is 5.56 Å². The highest BCUT2D eigenvalue weighted by Gasteiger charge is 2.09. The smallest absolute Gasteiger partial charge is 0.0657 e. The van der Waals surface area contributed by atoms with Gasteiger partial charge >= 0.3 is 0 Å². The van der Waals surface area contributed by atoms with Gasteiger partial charge in [0.15, 0.2) is 0 Å². The van der Waals surface area contributed by atoms with Gasteiger partial charge in [0.05, 0.1) is 12.6 Å². The first-order valence-electron chi connectivity index (χ1n) is 6.57. The number of nitrogens with zero attached hydrogens (tertiary/aromatic N) is 1. The van der Waals surface area contributed by atoms with E-state index in [-0.39, 0.29) is 6.04 Å². The Hall–Kier alpha value is -1.71. The lowest BCUT2D eigenvalue weighted by molar-refractivity contribution is 0.167. The fourth-order valence-corrected chi connectivity index (χ4v) is 2.05. The molecule has 0 aliphatic carbocycles. The molecule has 2 aromatic rings. The predicted molar refractivity (Wildman–Crippen MR) is 77.0 cm³/mol. The van der Waals surface area contributed by atoms with Crippen LogP contribution < -0.4 is 5.32 Å². The van der Waals surface area contributed by atoms with Crippen LogP contribution in [-0.4, -0.2) is 25.2 Å². The average molecular weight is 256 g/mol. The number of rotatable bonds is 7. The molecule has 0 spiro atoms. The summed E-state index contributed by atoms with van der Waals surface area (Å²) in [6.45, 7) is 1.56. The van der Waals surface area contributed by atoms with Crippen LogP contribution in [0.5, 0.6) is 0 Å². The second-order valence-corrected chi connectivity index (χ2v) is 4.44. The van der Waals surface area contributed by atoms with Crippen LogP contribution in [-0.2, 0) is 11.2 Å². The Morgan fingerprint density at radius 1 is 1.11 bits per heavy atom. The summed E-state index contributed by atoms with van der Waals surface area (Å²) in [7, 11) is 1.73. The van der Waals surface area contributed by atoms with E-state index in [1.807, 2.05) is 24.4 Å². The maximum atomic E-state index is 5.28. The van der Waals surface area contributed by atoms with Crippen LogP contribution in [0.1, 0.15) is 17.3 Å². The molecule has 1 N–H and O–H groups in total. The van der Waals surface area contributed by atoms with Crippen LogP contribution >= 0.6 is 0 Å². The molecule has 1 aromatic heterocycles. The molecule has 3 heteroatoms. The van der Waals surface area contributed by atoms with Gasteiger partial charge in [-0.2, -0.15) is 0 Å². The minimum Gasteiger partial charge on any atom is -0.383 e. The van der Waals surface area contributed by atoms with Crippen LogP contribution in [0.2, 0.25) is 0 Å². The number of aromatic nitrogens is 1. The zero-order valence-electron chi connectivity index (χ0n) is 11.3. The van der Waals surface area contributed by atoms with Gasteiger partial charge in [-0.05, 0) is 17.7 Å². The van der Waals surface area contributed by atoms with Crippen LogP contribution in [0.3, 0.4) is 0 Å². The van der Waals surface area contributed by atoms with Gasteiger partial charge in [-0.3, -0.25) is 4.98 Å². The van der Waals surface area contributed by atoms with Crippen molar-refractivity contribution in [1.82, 2.24) is 10.3 Å². The van der Waals surface area contributed by atoms with Gasteiger partial charge in [0, 0.05) is 32.0 Å². The van der Waals surface area contributed by atoms with Gasteiger partial charge in [0.25, 0.3) is 0 Å². The first-order chi connectivity index (χ1) is 9.40. The van der Waals surface area contributed by atoms with Crippen molar-refractivity contribution in [2.24, 2.45) is 0 Å². The monoisotopic (exact) mass is 256 g/mol. The molecule has 100 valence electrons. The summed E-state index contributed by atoms with van der Waals surface area (Å²) >= 11 is 0. The van der Waals surface area contributed by atoms with E-state index >= 15 is 0 Å². The molecule has 0 radical (unpaired) electrons. The van der Waals surface area contributed by atoms with E-state index in [0.717, 1.165) is 18.7 Å². The maximum absolute atomic E-state index is 5.28. The lowest BCUT2D eigenvalue weighted by atomic mass is 10.1.